The van der Waals surface area contributed by atoms with Gasteiger partial charge in [0.1, 0.15) is 17.4 Å². The normalized spacial score (nSPS) is 15.0. The standard InChI is InChI=1S/C31H40N6O5/c1-5-23(28(39)32-19(2)20-13-8-6-9-14-20)33-25-26(31(42)37(35-29(25)40)21-15-10-7-11-16-21)34-24-18-12-17-22(27(24)38)30(41)36(3)4/h6,8-9,12-14,17-19,21,23,33-34,38H,5,7,10-11,15-16H2,1-4H3,(H,32,39)(H,35,40). The van der Waals surface area contributed by atoms with Crippen molar-refractivity contribution in [3.05, 3.63) is 80.4 Å². The van der Waals surface area contributed by atoms with Crippen LogP contribution in [0.1, 0.15) is 80.4 Å². The monoisotopic (exact) mass is 576 g/mol. The highest BCUT2D eigenvalue weighted by Gasteiger charge is 2.27. The molecule has 1 aromatic heterocycles. The number of aromatic hydroxyl groups is 1. The third-order valence-electron chi connectivity index (χ3n) is 7.71. The van der Waals surface area contributed by atoms with Crippen LogP contribution in [0.4, 0.5) is 17.1 Å². The van der Waals surface area contributed by atoms with Crippen molar-refractivity contribution in [1.29, 1.82) is 0 Å². The van der Waals surface area contributed by atoms with Gasteiger partial charge in [0, 0.05) is 14.1 Å². The van der Waals surface area contributed by atoms with Crippen molar-refractivity contribution in [2.75, 3.05) is 24.7 Å². The fourth-order valence-electron chi connectivity index (χ4n) is 5.27. The van der Waals surface area contributed by atoms with Crippen LogP contribution < -0.4 is 27.1 Å². The van der Waals surface area contributed by atoms with Crippen molar-refractivity contribution in [2.24, 2.45) is 0 Å². The van der Waals surface area contributed by atoms with Crippen molar-refractivity contribution in [3.63, 3.8) is 0 Å². The predicted molar refractivity (Wildman–Crippen MR) is 164 cm³/mol. The van der Waals surface area contributed by atoms with E-state index in [1.54, 1.807) is 27.1 Å². The van der Waals surface area contributed by atoms with Crippen LogP contribution in [0.25, 0.3) is 0 Å². The van der Waals surface area contributed by atoms with E-state index in [0.717, 1.165) is 37.7 Å². The Hall–Kier alpha value is -4.54. The van der Waals surface area contributed by atoms with Gasteiger partial charge >= 0.3 is 0 Å². The number of nitrogens with zero attached hydrogens (tertiary/aromatic N) is 2. The molecule has 0 radical (unpaired) electrons. The first-order valence-corrected chi connectivity index (χ1v) is 14.4. The number of aromatic amines is 1. The van der Waals surface area contributed by atoms with E-state index in [4.69, 9.17) is 0 Å². The van der Waals surface area contributed by atoms with Crippen LogP contribution in [-0.2, 0) is 4.79 Å². The maximum Gasteiger partial charge on any atom is 0.291 e. The number of carbonyl (C=O) groups is 2. The molecule has 0 aliphatic heterocycles. The molecule has 11 nitrogen and oxygen atoms in total. The number of amides is 2. The van der Waals surface area contributed by atoms with Crippen LogP contribution in [0.3, 0.4) is 0 Å². The molecule has 42 heavy (non-hydrogen) atoms. The van der Waals surface area contributed by atoms with Crippen molar-refractivity contribution < 1.29 is 14.7 Å². The van der Waals surface area contributed by atoms with Gasteiger partial charge in [-0.05, 0) is 43.9 Å². The Bertz CT molecular complexity index is 1530. The van der Waals surface area contributed by atoms with E-state index < -0.39 is 23.1 Å². The van der Waals surface area contributed by atoms with Gasteiger partial charge in [-0.3, -0.25) is 24.3 Å². The maximum atomic E-state index is 13.9. The molecule has 4 rings (SSSR count). The summed E-state index contributed by atoms with van der Waals surface area (Å²) in [6, 6.07) is 12.8. The molecular weight excluding hydrogens is 536 g/mol. The lowest BCUT2D eigenvalue weighted by Gasteiger charge is -2.26. The lowest BCUT2D eigenvalue weighted by molar-refractivity contribution is -0.122. The summed E-state index contributed by atoms with van der Waals surface area (Å²) in [6.07, 6.45) is 4.77. The van der Waals surface area contributed by atoms with Crippen LogP contribution >= 0.6 is 0 Å². The fourth-order valence-corrected chi connectivity index (χ4v) is 5.27. The SMILES string of the molecule is CCC(Nc1c(Nc2cccc(C(=O)N(C)C)c2O)c(=O)n(C2CCCCC2)[nH]c1=O)C(=O)NC(C)c1ccccc1. The Kier molecular flexibility index (Phi) is 9.72. The lowest BCUT2D eigenvalue weighted by Crippen LogP contribution is -2.43. The van der Waals surface area contributed by atoms with Crippen molar-refractivity contribution in [1.82, 2.24) is 20.0 Å². The summed E-state index contributed by atoms with van der Waals surface area (Å²) in [5.41, 5.74) is -0.262. The van der Waals surface area contributed by atoms with Crippen molar-refractivity contribution >= 4 is 28.9 Å². The molecule has 2 amide bonds. The average Bonchev–Trinajstić information content (AvgIpc) is 2.99. The van der Waals surface area contributed by atoms with Crippen LogP contribution in [-0.4, -0.2) is 51.7 Å². The number of H-pyrrole nitrogens is 1. The third-order valence-corrected chi connectivity index (χ3v) is 7.71. The summed E-state index contributed by atoms with van der Waals surface area (Å²) in [4.78, 5) is 54.7. The number of benzene rings is 2. The molecule has 3 aromatic rings. The van der Waals surface area contributed by atoms with Gasteiger partial charge in [-0.1, -0.05) is 62.6 Å². The largest absolute Gasteiger partial charge is 0.505 e. The first kappa shape index (κ1) is 30.4. The zero-order chi connectivity index (χ0) is 30.4. The summed E-state index contributed by atoms with van der Waals surface area (Å²) in [5, 5.41) is 22.6. The molecule has 1 heterocycles. The van der Waals surface area contributed by atoms with Crippen molar-refractivity contribution in [3.8, 4) is 5.75 Å². The number of phenols is 1. The second-order valence-corrected chi connectivity index (χ2v) is 10.9. The zero-order valence-corrected chi connectivity index (χ0v) is 24.6. The highest BCUT2D eigenvalue weighted by Crippen LogP contribution is 2.32. The van der Waals surface area contributed by atoms with Crippen LogP contribution in [0.15, 0.2) is 58.1 Å². The molecule has 1 saturated carbocycles. The Labute approximate surface area is 244 Å². The van der Waals surface area contributed by atoms with E-state index in [9.17, 15) is 24.3 Å². The van der Waals surface area contributed by atoms with Crippen LogP contribution in [0.2, 0.25) is 0 Å². The summed E-state index contributed by atoms with van der Waals surface area (Å²) < 4.78 is 1.35. The van der Waals surface area contributed by atoms with E-state index in [-0.39, 0.29) is 46.4 Å². The quantitative estimate of drug-likeness (QED) is 0.227. The van der Waals surface area contributed by atoms with E-state index in [2.05, 4.69) is 21.0 Å². The highest BCUT2D eigenvalue weighted by atomic mass is 16.3. The molecule has 1 aliphatic rings. The van der Waals surface area contributed by atoms with Crippen LogP contribution in [0, 0.1) is 0 Å². The Morgan fingerprint density at radius 1 is 1.02 bits per heavy atom. The third kappa shape index (κ3) is 6.67. The zero-order valence-electron chi connectivity index (χ0n) is 24.6. The van der Waals surface area contributed by atoms with Crippen molar-refractivity contribution in [2.45, 2.75) is 70.5 Å². The van der Waals surface area contributed by atoms with E-state index >= 15 is 0 Å². The number of phenolic OH excluding ortho intramolecular Hbond substituents is 1. The van der Waals surface area contributed by atoms with Gasteiger partial charge < -0.3 is 26.0 Å². The maximum absolute atomic E-state index is 13.9. The van der Waals surface area contributed by atoms with Gasteiger partial charge in [0.05, 0.1) is 23.3 Å². The molecule has 2 atom stereocenters. The van der Waals surface area contributed by atoms with E-state index in [1.807, 2.05) is 37.3 Å². The molecule has 0 saturated heterocycles. The molecule has 0 spiro atoms. The molecule has 2 unspecified atom stereocenters. The van der Waals surface area contributed by atoms with Gasteiger partial charge in [0.15, 0.2) is 5.75 Å². The van der Waals surface area contributed by atoms with E-state index in [1.165, 1.54) is 21.7 Å². The smallest absolute Gasteiger partial charge is 0.291 e. The summed E-state index contributed by atoms with van der Waals surface area (Å²) in [5.74, 6) is -1.11. The van der Waals surface area contributed by atoms with Crippen LogP contribution in [0.5, 0.6) is 5.75 Å². The minimum Gasteiger partial charge on any atom is -0.505 e. The molecule has 1 aliphatic carbocycles. The molecule has 1 fully saturated rings. The number of para-hydroxylation sites is 1. The number of carbonyl (C=O) groups excluding carboxylic acids is 2. The van der Waals surface area contributed by atoms with E-state index in [0.29, 0.717) is 6.42 Å². The summed E-state index contributed by atoms with van der Waals surface area (Å²) >= 11 is 0. The average molecular weight is 577 g/mol. The first-order valence-electron chi connectivity index (χ1n) is 14.4. The first-order chi connectivity index (χ1) is 20.1. The topological polar surface area (TPSA) is 149 Å². The van der Waals surface area contributed by atoms with Gasteiger partial charge in [-0.25, -0.2) is 4.68 Å². The van der Waals surface area contributed by atoms with Gasteiger partial charge in [-0.15, -0.1) is 0 Å². The molecule has 0 bridgehead atoms. The van der Waals surface area contributed by atoms with Gasteiger partial charge in [0.25, 0.3) is 17.0 Å². The number of nitrogens with one attached hydrogen (secondary N) is 4. The Balaban J connectivity index is 1.73. The molecule has 224 valence electrons. The Morgan fingerprint density at radius 3 is 2.36 bits per heavy atom. The number of hydrogen-bond donors (Lipinski definition) is 5. The second kappa shape index (κ2) is 13.4. The Morgan fingerprint density at radius 2 is 1.71 bits per heavy atom. The predicted octanol–water partition coefficient (Wildman–Crippen LogP) is 4.26. The summed E-state index contributed by atoms with van der Waals surface area (Å²) in [7, 11) is 3.14. The molecule has 11 heteroatoms. The van der Waals surface area contributed by atoms with Gasteiger partial charge in [0.2, 0.25) is 5.91 Å². The number of hydrogen-bond acceptors (Lipinski definition) is 7. The minimum atomic E-state index is -0.835. The van der Waals surface area contributed by atoms with Gasteiger partial charge in [-0.2, -0.15) is 0 Å². The second-order valence-electron chi connectivity index (χ2n) is 10.9. The molecule has 2 aromatic carbocycles. The summed E-state index contributed by atoms with van der Waals surface area (Å²) in [6.45, 7) is 3.67. The lowest BCUT2D eigenvalue weighted by atomic mass is 9.95. The highest BCUT2D eigenvalue weighted by molar-refractivity contribution is 5.99. The number of rotatable bonds is 10. The molecule has 5 N–H and O–H groups in total. The molecular formula is C31H40N6O5. The minimum absolute atomic E-state index is 0.0395. The number of aromatic nitrogens is 2. The fraction of sp³-hybridized carbons (Fsp3) is 0.419. The number of anilines is 3.